The standard InChI is InChI=1S/C18H28N4O2S/c1-19-18(21-16-9-11-25(23,24)14-16)20-12-17-8-5-10-22(17)13-15-6-3-2-4-7-15/h2-4,6-7,16-17H,5,8-14H2,1H3,(H2,19,20,21). The molecule has 2 unspecified atom stereocenters. The molecule has 1 aromatic rings. The topological polar surface area (TPSA) is 73.8 Å². The fourth-order valence-corrected chi connectivity index (χ4v) is 5.34. The maximum Gasteiger partial charge on any atom is 0.191 e. The van der Waals surface area contributed by atoms with Crippen molar-refractivity contribution < 1.29 is 8.42 Å². The largest absolute Gasteiger partial charge is 0.355 e. The van der Waals surface area contributed by atoms with Gasteiger partial charge in [-0.3, -0.25) is 9.89 Å². The minimum atomic E-state index is -2.88. The van der Waals surface area contributed by atoms with E-state index in [1.165, 1.54) is 18.4 Å². The maximum absolute atomic E-state index is 11.6. The van der Waals surface area contributed by atoms with Crippen LogP contribution in [0.2, 0.25) is 0 Å². The molecular weight excluding hydrogens is 336 g/mol. The van der Waals surface area contributed by atoms with E-state index in [9.17, 15) is 8.42 Å². The number of benzene rings is 1. The fourth-order valence-electron chi connectivity index (χ4n) is 3.66. The Kier molecular flexibility index (Phi) is 5.96. The van der Waals surface area contributed by atoms with Gasteiger partial charge in [-0.2, -0.15) is 0 Å². The molecule has 0 saturated carbocycles. The second-order valence-electron chi connectivity index (χ2n) is 6.95. The SMILES string of the molecule is CN=C(NCC1CCCN1Cc1ccccc1)NC1CCS(=O)(=O)C1. The lowest BCUT2D eigenvalue weighted by atomic mass is 10.2. The van der Waals surface area contributed by atoms with E-state index in [0.717, 1.165) is 19.6 Å². The summed E-state index contributed by atoms with van der Waals surface area (Å²) >= 11 is 0. The second kappa shape index (κ2) is 8.19. The molecule has 0 radical (unpaired) electrons. The van der Waals surface area contributed by atoms with Gasteiger partial charge < -0.3 is 10.6 Å². The van der Waals surface area contributed by atoms with Gasteiger partial charge in [0.25, 0.3) is 0 Å². The van der Waals surface area contributed by atoms with Crippen molar-refractivity contribution in [2.24, 2.45) is 4.99 Å². The maximum atomic E-state index is 11.6. The van der Waals surface area contributed by atoms with Crippen LogP contribution in [0, 0.1) is 0 Å². The van der Waals surface area contributed by atoms with E-state index in [2.05, 4.69) is 44.8 Å². The molecule has 0 aliphatic carbocycles. The number of aliphatic imine (C=N–C) groups is 1. The zero-order chi connectivity index (χ0) is 17.7. The van der Waals surface area contributed by atoms with Crippen LogP contribution >= 0.6 is 0 Å². The van der Waals surface area contributed by atoms with Crippen molar-refractivity contribution in [1.29, 1.82) is 0 Å². The summed E-state index contributed by atoms with van der Waals surface area (Å²) in [4.78, 5) is 6.76. The molecule has 3 rings (SSSR count). The molecule has 7 heteroatoms. The Morgan fingerprint density at radius 3 is 2.76 bits per heavy atom. The van der Waals surface area contributed by atoms with Crippen LogP contribution in [0.1, 0.15) is 24.8 Å². The van der Waals surface area contributed by atoms with Crippen LogP contribution in [0.15, 0.2) is 35.3 Å². The zero-order valence-electron chi connectivity index (χ0n) is 14.8. The van der Waals surface area contributed by atoms with Crippen molar-refractivity contribution in [1.82, 2.24) is 15.5 Å². The van der Waals surface area contributed by atoms with Gasteiger partial charge in [-0.1, -0.05) is 30.3 Å². The Morgan fingerprint density at radius 2 is 2.08 bits per heavy atom. The molecular formula is C18H28N4O2S. The monoisotopic (exact) mass is 364 g/mol. The third-order valence-corrected chi connectivity index (χ3v) is 6.80. The summed E-state index contributed by atoms with van der Waals surface area (Å²) in [5, 5.41) is 6.63. The number of rotatable bonds is 5. The summed E-state index contributed by atoms with van der Waals surface area (Å²) < 4.78 is 23.2. The molecule has 1 aromatic carbocycles. The highest BCUT2D eigenvalue weighted by Crippen LogP contribution is 2.19. The van der Waals surface area contributed by atoms with E-state index in [1.807, 2.05) is 6.07 Å². The highest BCUT2D eigenvalue weighted by molar-refractivity contribution is 7.91. The Bertz CT molecular complexity index is 690. The number of nitrogens with one attached hydrogen (secondary N) is 2. The van der Waals surface area contributed by atoms with Crippen LogP contribution in [-0.4, -0.2) is 63.0 Å². The first-order chi connectivity index (χ1) is 12.1. The quantitative estimate of drug-likeness (QED) is 0.602. The lowest BCUT2D eigenvalue weighted by Crippen LogP contribution is -2.48. The van der Waals surface area contributed by atoms with E-state index in [4.69, 9.17) is 0 Å². The first kappa shape index (κ1) is 18.2. The van der Waals surface area contributed by atoms with E-state index >= 15 is 0 Å². The molecule has 25 heavy (non-hydrogen) atoms. The van der Waals surface area contributed by atoms with Crippen LogP contribution < -0.4 is 10.6 Å². The number of hydrogen-bond donors (Lipinski definition) is 2. The number of hydrogen-bond acceptors (Lipinski definition) is 4. The Labute approximate surface area is 150 Å². The van der Waals surface area contributed by atoms with E-state index in [1.54, 1.807) is 7.05 Å². The molecule has 6 nitrogen and oxygen atoms in total. The number of likely N-dealkylation sites (tertiary alicyclic amines) is 1. The van der Waals surface area contributed by atoms with Crippen LogP contribution in [0.4, 0.5) is 0 Å². The van der Waals surface area contributed by atoms with Gasteiger partial charge in [-0.05, 0) is 31.4 Å². The summed E-state index contributed by atoms with van der Waals surface area (Å²) in [5.74, 6) is 1.18. The summed E-state index contributed by atoms with van der Waals surface area (Å²) in [5.41, 5.74) is 1.34. The van der Waals surface area contributed by atoms with Crippen LogP contribution in [0.3, 0.4) is 0 Å². The van der Waals surface area contributed by atoms with Crippen molar-refractivity contribution in [3.8, 4) is 0 Å². The van der Waals surface area contributed by atoms with E-state index in [0.29, 0.717) is 18.4 Å². The van der Waals surface area contributed by atoms with Crippen molar-refractivity contribution in [2.45, 2.75) is 37.9 Å². The van der Waals surface area contributed by atoms with Gasteiger partial charge in [0, 0.05) is 32.2 Å². The van der Waals surface area contributed by atoms with Gasteiger partial charge in [-0.15, -0.1) is 0 Å². The van der Waals surface area contributed by atoms with Crippen LogP contribution in [0.25, 0.3) is 0 Å². The highest BCUT2D eigenvalue weighted by Gasteiger charge is 2.29. The molecule has 2 heterocycles. The molecule has 2 aliphatic rings. The average molecular weight is 365 g/mol. The van der Waals surface area contributed by atoms with Crippen molar-refractivity contribution in [3.05, 3.63) is 35.9 Å². The molecule has 2 N–H and O–H groups in total. The summed E-state index contributed by atoms with van der Waals surface area (Å²) in [6.45, 7) is 2.92. The lowest BCUT2D eigenvalue weighted by Gasteiger charge is -2.26. The van der Waals surface area contributed by atoms with E-state index < -0.39 is 9.84 Å². The summed E-state index contributed by atoms with van der Waals surface area (Å²) in [6.07, 6.45) is 3.05. The Balaban J connectivity index is 1.49. The van der Waals surface area contributed by atoms with E-state index in [-0.39, 0.29) is 17.5 Å². The first-order valence-corrected chi connectivity index (χ1v) is 10.8. The molecule has 2 atom stereocenters. The molecule has 2 aliphatic heterocycles. The third kappa shape index (κ3) is 5.19. The summed E-state index contributed by atoms with van der Waals surface area (Å²) in [7, 11) is -1.15. The average Bonchev–Trinajstić information content (AvgIpc) is 3.18. The first-order valence-electron chi connectivity index (χ1n) is 9.01. The van der Waals surface area contributed by atoms with Crippen molar-refractivity contribution >= 4 is 15.8 Å². The normalized spacial score (nSPS) is 26.7. The van der Waals surface area contributed by atoms with Gasteiger partial charge in [0.1, 0.15) is 0 Å². The predicted molar refractivity (Wildman–Crippen MR) is 101 cm³/mol. The van der Waals surface area contributed by atoms with Gasteiger partial charge in [0.15, 0.2) is 15.8 Å². The molecule has 0 spiro atoms. The van der Waals surface area contributed by atoms with Gasteiger partial charge in [0.05, 0.1) is 11.5 Å². The smallest absolute Gasteiger partial charge is 0.191 e. The Hall–Kier alpha value is -1.60. The van der Waals surface area contributed by atoms with Crippen molar-refractivity contribution in [2.75, 3.05) is 31.6 Å². The number of nitrogens with zero attached hydrogens (tertiary/aromatic N) is 2. The minimum absolute atomic E-state index is 0.0276. The van der Waals surface area contributed by atoms with Crippen LogP contribution in [0.5, 0.6) is 0 Å². The molecule has 2 saturated heterocycles. The van der Waals surface area contributed by atoms with Crippen LogP contribution in [-0.2, 0) is 16.4 Å². The van der Waals surface area contributed by atoms with Gasteiger partial charge >= 0.3 is 0 Å². The molecule has 0 bridgehead atoms. The van der Waals surface area contributed by atoms with Gasteiger partial charge in [-0.25, -0.2) is 8.42 Å². The van der Waals surface area contributed by atoms with Gasteiger partial charge in [0.2, 0.25) is 0 Å². The molecule has 0 amide bonds. The fraction of sp³-hybridized carbons (Fsp3) is 0.611. The zero-order valence-corrected chi connectivity index (χ0v) is 15.6. The highest BCUT2D eigenvalue weighted by atomic mass is 32.2. The number of guanidine groups is 1. The second-order valence-corrected chi connectivity index (χ2v) is 9.18. The summed E-state index contributed by atoms with van der Waals surface area (Å²) in [6, 6.07) is 11.0. The predicted octanol–water partition coefficient (Wildman–Crippen LogP) is 1.00. The van der Waals surface area contributed by atoms with Crippen molar-refractivity contribution in [3.63, 3.8) is 0 Å². The lowest BCUT2D eigenvalue weighted by molar-refractivity contribution is 0.245. The molecule has 0 aromatic heterocycles. The minimum Gasteiger partial charge on any atom is -0.355 e. The number of sulfone groups is 1. The Morgan fingerprint density at radius 1 is 1.28 bits per heavy atom. The molecule has 2 fully saturated rings. The molecule has 138 valence electrons. The third-order valence-electron chi connectivity index (χ3n) is 5.03.